The van der Waals surface area contributed by atoms with Gasteiger partial charge in [-0.1, -0.05) is 12.8 Å². The average Bonchev–Trinajstić information content (AvgIpc) is 2.59. The molecule has 0 aliphatic heterocycles. The van der Waals surface area contributed by atoms with Gasteiger partial charge in [0.05, 0.1) is 0 Å². The van der Waals surface area contributed by atoms with E-state index in [2.05, 4.69) is 10.9 Å². The van der Waals surface area contributed by atoms with Crippen LogP contribution < -0.4 is 0 Å². The Balaban J connectivity index is 2.73. The molecule has 0 aliphatic carbocycles. The van der Waals surface area contributed by atoms with Crippen molar-refractivity contribution in [3.05, 3.63) is 29.7 Å². The van der Waals surface area contributed by atoms with Crippen LogP contribution in [0.2, 0.25) is 0 Å². The summed E-state index contributed by atoms with van der Waals surface area (Å²) in [6.45, 7) is 1.96. The van der Waals surface area contributed by atoms with Crippen molar-refractivity contribution in [2.24, 2.45) is 0 Å². The van der Waals surface area contributed by atoms with Gasteiger partial charge in [0.15, 0.2) is 0 Å². The maximum atomic E-state index is 13.6. The number of hydrogen-bond donors (Lipinski definition) is 1. The number of aromatic nitrogens is 1. The normalized spacial score (nSPS) is 13.3. The third-order valence-corrected chi connectivity index (χ3v) is 3.66. The van der Waals surface area contributed by atoms with Crippen molar-refractivity contribution in [3.63, 3.8) is 0 Å². The summed E-state index contributed by atoms with van der Waals surface area (Å²) in [4.78, 5) is 4.28. The summed E-state index contributed by atoms with van der Waals surface area (Å²) in [7, 11) is -0.0872. The van der Waals surface area contributed by atoms with Gasteiger partial charge in [-0.2, -0.15) is 10.5 Å². The van der Waals surface area contributed by atoms with Crippen LogP contribution in [0.5, 0.6) is 0 Å². The standard InChI is InChI=1S/C12H14FNS/c1-4-8-5-11-9(6-10(8)13)12(7-14-11)15(2)3/h5-7,14H,2,4H2,1,3H3. The Kier molecular flexibility index (Phi) is 2.65. The Morgan fingerprint density at radius 2 is 2.20 bits per heavy atom. The SMILES string of the molecule is C=S(C)c1c[nH]c2cc(CC)c(F)cc12. The molecule has 1 nitrogen and oxygen atoms in total. The lowest BCUT2D eigenvalue weighted by molar-refractivity contribution is 0.614. The fourth-order valence-corrected chi connectivity index (χ4v) is 2.53. The molecule has 0 bridgehead atoms. The van der Waals surface area contributed by atoms with Crippen LogP contribution in [-0.4, -0.2) is 17.1 Å². The molecule has 2 aromatic rings. The highest BCUT2D eigenvalue weighted by molar-refractivity contribution is 8.13. The van der Waals surface area contributed by atoms with Crippen molar-refractivity contribution >= 4 is 27.3 Å². The summed E-state index contributed by atoms with van der Waals surface area (Å²) >= 11 is 0. The number of H-pyrrole nitrogens is 1. The average molecular weight is 223 g/mol. The van der Waals surface area contributed by atoms with Gasteiger partial charge in [0, 0.05) is 22.0 Å². The maximum absolute atomic E-state index is 13.6. The van der Waals surface area contributed by atoms with E-state index in [4.69, 9.17) is 0 Å². The molecule has 3 heteroatoms. The predicted octanol–water partition coefficient (Wildman–Crippen LogP) is 3.56. The number of rotatable bonds is 2. The second kappa shape index (κ2) is 3.81. The minimum Gasteiger partial charge on any atom is -0.360 e. The van der Waals surface area contributed by atoms with E-state index >= 15 is 0 Å². The van der Waals surface area contributed by atoms with Crippen LogP contribution in [0.3, 0.4) is 0 Å². The quantitative estimate of drug-likeness (QED) is 0.749. The number of benzene rings is 1. The number of aryl methyl sites for hydroxylation is 1. The largest absolute Gasteiger partial charge is 0.360 e. The number of fused-ring (bicyclic) bond motifs is 1. The summed E-state index contributed by atoms with van der Waals surface area (Å²) < 4.78 is 13.6. The van der Waals surface area contributed by atoms with Crippen LogP contribution in [0.25, 0.3) is 10.9 Å². The van der Waals surface area contributed by atoms with E-state index in [1.165, 1.54) is 0 Å². The highest BCUT2D eigenvalue weighted by Crippen LogP contribution is 2.31. The van der Waals surface area contributed by atoms with Gasteiger partial charge >= 0.3 is 0 Å². The molecule has 1 aromatic carbocycles. The molecule has 0 radical (unpaired) electrons. The molecular weight excluding hydrogens is 209 g/mol. The summed E-state index contributed by atoms with van der Waals surface area (Å²) in [5.74, 6) is 3.87. The molecule has 1 unspecified atom stereocenters. The highest BCUT2D eigenvalue weighted by atomic mass is 32.2. The van der Waals surface area contributed by atoms with Gasteiger partial charge in [-0.25, -0.2) is 4.39 Å². The zero-order chi connectivity index (χ0) is 11.0. The molecule has 1 heterocycles. The fraction of sp³-hybridized carbons (Fsp3) is 0.250. The molecule has 0 saturated heterocycles. The van der Waals surface area contributed by atoms with Gasteiger partial charge in [0.2, 0.25) is 0 Å². The number of hydrogen-bond acceptors (Lipinski definition) is 0. The number of aromatic amines is 1. The van der Waals surface area contributed by atoms with Crippen LogP contribution in [0.4, 0.5) is 4.39 Å². The lowest BCUT2D eigenvalue weighted by atomic mass is 10.1. The van der Waals surface area contributed by atoms with E-state index in [0.29, 0.717) is 0 Å². The fourth-order valence-electron chi connectivity index (χ4n) is 1.72. The molecule has 0 saturated carbocycles. The topological polar surface area (TPSA) is 15.8 Å². The van der Waals surface area contributed by atoms with E-state index in [1.54, 1.807) is 6.07 Å². The van der Waals surface area contributed by atoms with Crippen molar-refractivity contribution in [1.29, 1.82) is 0 Å². The molecule has 1 atom stereocenters. The van der Waals surface area contributed by atoms with E-state index in [9.17, 15) is 4.39 Å². The first kappa shape index (κ1) is 10.4. The molecule has 15 heavy (non-hydrogen) atoms. The van der Waals surface area contributed by atoms with Crippen molar-refractivity contribution < 1.29 is 4.39 Å². The van der Waals surface area contributed by atoms with Gasteiger partial charge in [-0.3, -0.25) is 0 Å². The van der Waals surface area contributed by atoms with E-state index in [1.807, 2.05) is 25.4 Å². The van der Waals surface area contributed by atoms with E-state index in [-0.39, 0.29) is 16.3 Å². The summed E-state index contributed by atoms with van der Waals surface area (Å²) in [5.41, 5.74) is 1.77. The smallest absolute Gasteiger partial charge is 0.127 e. The van der Waals surface area contributed by atoms with Crippen LogP contribution in [0, 0.1) is 5.82 Å². The van der Waals surface area contributed by atoms with Crippen molar-refractivity contribution in [2.45, 2.75) is 18.2 Å². The third kappa shape index (κ3) is 1.72. The predicted molar refractivity (Wildman–Crippen MR) is 66.5 cm³/mol. The molecule has 80 valence electrons. The van der Waals surface area contributed by atoms with E-state index < -0.39 is 0 Å². The number of nitrogens with one attached hydrogen (secondary N) is 1. The molecule has 1 N–H and O–H groups in total. The molecule has 0 aliphatic rings. The van der Waals surface area contributed by atoms with Gasteiger partial charge in [-0.05, 0) is 30.4 Å². The second-order valence-corrected chi connectivity index (χ2v) is 5.35. The van der Waals surface area contributed by atoms with Crippen LogP contribution >= 0.6 is 10.5 Å². The van der Waals surface area contributed by atoms with Gasteiger partial charge in [0.1, 0.15) is 5.82 Å². The Labute approximate surface area is 91.2 Å². The Morgan fingerprint density at radius 1 is 1.47 bits per heavy atom. The lowest BCUT2D eigenvalue weighted by Gasteiger charge is -2.02. The number of halogens is 1. The van der Waals surface area contributed by atoms with Gasteiger partial charge in [0.25, 0.3) is 0 Å². The maximum Gasteiger partial charge on any atom is 0.127 e. The van der Waals surface area contributed by atoms with Crippen molar-refractivity contribution in [1.82, 2.24) is 4.98 Å². The zero-order valence-corrected chi connectivity index (χ0v) is 9.75. The second-order valence-electron chi connectivity index (χ2n) is 3.63. The highest BCUT2D eigenvalue weighted by Gasteiger charge is 2.08. The third-order valence-electron chi connectivity index (χ3n) is 2.57. The Bertz CT molecular complexity index is 528. The Hall–Kier alpha value is -1.09. The summed E-state index contributed by atoms with van der Waals surface area (Å²) in [6.07, 6.45) is 4.69. The molecular formula is C12H14FNS. The van der Waals surface area contributed by atoms with Gasteiger partial charge < -0.3 is 4.98 Å². The first-order valence-electron chi connectivity index (χ1n) is 4.88. The van der Waals surface area contributed by atoms with Crippen LogP contribution in [0.1, 0.15) is 12.5 Å². The molecule has 1 aromatic heterocycles. The molecule has 0 amide bonds. The first-order chi connectivity index (χ1) is 7.13. The monoisotopic (exact) mass is 223 g/mol. The molecule has 0 spiro atoms. The minimum absolute atomic E-state index is 0.0872. The van der Waals surface area contributed by atoms with Crippen molar-refractivity contribution in [2.75, 3.05) is 6.26 Å². The van der Waals surface area contributed by atoms with Crippen LogP contribution in [-0.2, 0) is 6.42 Å². The molecule has 2 rings (SSSR count). The van der Waals surface area contributed by atoms with Crippen LogP contribution in [0.15, 0.2) is 23.2 Å². The van der Waals surface area contributed by atoms with Crippen molar-refractivity contribution in [3.8, 4) is 0 Å². The van der Waals surface area contributed by atoms with Gasteiger partial charge in [-0.15, -0.1) is 0 Å². The summed E-state index contributed by atoms with van der Waals surface area (Å²) in [6, 6.07) is 3.51. The molecule has 0 fully saturated rings. The first-order valence-corrected chi connectivity index (χ1v) is 6.68. The lowest BCUT2D eigenvalue weighted by Crippen LogP contribution is -1.87. The summed E-state index contributed by atoms with van der Waals surface area (Å²) in [5, 5.41) is 0.963. The minimum atomic E-state index is -0.115. The zero-order valence-electron chi connectivity index (χ0n) is 8.93. The Morgan fingerprint density at radius 3 is 2.80 bits per heavy atom. The van der Waals surface area contributed by atoms with E-state index in [0.717, 1.165) is 27.8 Å².